The Kier molecular flexibility index (Phi) is 2.23. The van der Waals surface area contributed by atoms with Gasteiger partial charge < -0.3 is 15.1 Å². The van der Waals surface area contributed by atoms with E-state index >= 15 is 0 Å². The lowest BCUT2D eigenvalue weighted by atomic mass is 10.4. The second kappa shape index (κ2) is 3.34. The van der Waals surface area contributed by atoms with Gasteiger partial charge in [-0.2, -0.15) is 0 Å². The second-order valence-corrected chi connectivity index (χ2v) is 5.64. The zero-order valence-electron chi connectivity index (χ0n) is 8.31. The normalized spacial score (nSPS) is 12.1. The minimum atomic E-state index is -3.15. The topological polar surface area (TPSA) is 116 Å². The number of H-pyrrole nitrogens is 2. The molecule has 0 saturated carbocycles. The maximum atomic E-state index is 11.0. The van der Waals surface area contributed by atoms with Gasteiger partial charge in [-0.15, -0.1) is 0 Å². The molecule has 0 aliphatic carbocycles. The molecule has 0 radical (unpaired) electrons. The molecule has 8 heteroatoms. The van der Waals surface area contributed by atoms with Gasteiger partial charge in [0, 0.05) is 6.26 Å². The average Bonchev–Trinajstić information content (AvgIpc) is 2.56. The number of carbonyl (C=O) groups is 1. The zero-order chi connectivity index (χ0) is 11.9. The summed E-state index contributed by atoms with van der Waals surface area (Å²) < 4.78 is 22.0. The quantitative estimate of drug-likeness (QED) is 0.708. The Morgan fingerprint density at radius 2 is 2.19 bits per heavy atom. The van der Waals surface area contributed by atoms with Crippen LogP contribution in [0, 0.1) is 0 Å². The van der Waals surface area contributed by atoms with E-state index in [1.807, 2.05) is 0 Å². The molecule has 3 N–H and O–H groups in total. The summed E-state index contributed by atoms with van der Waals surface area (Å²) in [4.78, 5) is 19.9. The highest BCUT2D eigenvalue weighted by Crippen LogP contribution is 2.13. The molecule has 0 amide bonds. The molecule has 2 aromatic rings. The lowest BCUT2D eigenvalue weighted by Gasteiger charge is -1.92. The van der Waals surface area contributed by atoms with E-state index in [1.54, 1.807) is 0 Å². The predicted octanol–water partition coefficient (Wildman–Crippen LogP) is 0.134. The maximum absolute atomic E-state index is 11.0. The summed E-state index contributed by atoms with van der Waals surface area (Å²) in [5, 5.41) is 8.69. The van der Waals surface area contributed by atoms with Crippen LogP contribution in [0.5, 0.6) is 0 Å². The molecule has 86 valence electrons. The number of aromatic carboxylic acids is 1. The molecule has 7 nitrogen and oxygen atoms in total. The highest BCUT2D eigenvalue weighted by Gasteiger charge is 2.13. The van der Waals surface area contributed by atoms with Crippen molar-refractivity contribution in [3.05, 3.63) is 17.6 Å². The standard InChI is InChI=1S/C8H9N3O4S/c1-16(14,15)3-6-9-4-2-5(8(12)13)10-7(4)11-6/h2,10H,3H2,1H3,(H,9,11)(H,12,13). The Morgan fingerprint density at radius 3 is 2.69 bits per heavy atom. The number of sulfone groups is 1. The Balaban J connectivity index is 2.40. The summed E-state index contributed by atoms with van der Waals surface area (Å²) in [7, 11) is -3.15. The third kappa shape index (κ3) is 2.06. The molecular weight excluding hydrogens is 234 g/mol. The lowest BCUT2D eigenvalue weighted by molar-refractivity contribution is 0.0691. The number of rotatable bonds is 3. The van der Waals surface area contributed by atoms with Crippen LogP contribution in [-0.4, -0.2) is 40.7 Å². The Morgan fingerprint density at radius 1 is 1.50 bits per heavy atom. The van der Waals surface area contributed by atoms with Gasteiger partial charge in [-0.25, -0.2) is 18.2 Å². The van der Waals surface area contributed by atoms with E-state index in [2.05, 4.69) is 15.0 Å². The monoisotopic (exact) mass is 243 g/mol. The van der Waals surface area contributed by atoms with Crippen LogP contribution in [0.1, 0.15) is 16.3 Å². The molecule has 0 atom stereocenters. The fourth-order valence-corrected chi connectivity index (χ4v) is 2.01. The van der Waals surface area contributed by atoms with Gasteiger partial charge in [0.05, 0.1) is 5.52 Å². The van der Waals surface area contributed by atoms with Crippen molar-refractivity contribution in [2.24, 2.45) is 0 Å². The molecule has 0 spiro atoms. The summed E-state index contributed by atoms with van der Waals surface area (Å²) in [5.41, 5.74) is 0.840. The first-order valence-corrected chi connectivity index (χ1v) is 6.40. The van der Waals surface area contributed by atoms with Crippen LogP contribution in [0.4, 0.5) is 0 Å². The number of fused-ring (bicyclic) bond motifs is 1. The molecule has 0 aliphatic heterocycles. The third-order valence-corrected chi connectivity index (χ3v) is 2.75. The van der Waals surface area contributed by atoms with Crippen molar-refractivity contribution in [3.8, 4) is 0 Å². The SMILES string of the molecule is CS(=O)(=O)Cc1nc2[nH]c(C(=O)O)cc2[nH]1. The van der Waals surface area contributed by atoms with E-state index in [1.165, 1.54) is 6.07 Å². The van der Waals surface area contributed by atoms with Gasteiger partial charge >= 0.3 is 5.97 Å². The van der Waals surface area contributed by atoms with Gasteiger partial charge in [-0.3, -0.25) is 0 Å². The van der Waals surface area contributed by atoms with E-state index in [9.17, 15) is 13.2 Å². The molecule has 0 fully saturated rings. The predicted molar refractivity (Wildman–Crippen MR) is 56.0 cm³/mol. The highest BCUT2D eigenvalue weighted by molar-refractivity contribution is 7.89. The van der Waals surface area contributed by atoms with Crippen LogP contribution in [0.3, 0.4) is 0 Å². The van der Waals surface area contributed by atoms with Crippen molar-refractivity contribution >= 4 is 27.0 Å². The van der Waals surface area contributed by atoms with Crippen LogP contribution >= 0.6 is 0 Å². The Hall–Kier alpha value is -1.83. The van der Waals surface area contributed by atoms with Crippen molar-refractivity contribution in [3.63, 3.8) is 0 Å². The Labute approximate surface area is 90.4 Å². The highest BCUT2D eigenvalue weighted by atomic mass is 32.2. The van der Waals surface area contributed by atoms with Crippen LogP contribution < -0.4 is 0 Å². The van der Waals surface area contributed by atoms with Crippen molar-refractivity contribution < 1.29 is 18.3 Å². The van der Waals surface area contributed by atoms with Gasteiger partial charge in [0.1, 0.15) is 17.3 Å². The van der Waals surface area contributed by atoms with Crippen molar-refractivity contribution in [1.82, 2.24) is 15.0 Å². The summed E-state index contributed by atoms with van der Waals surface area (Å²) in [6.07, 6.45) is 1.10. The first kappa shape index (κ1) is 10.7. The molecule has 0 saturated heterocycles. The number of hydrogen-bond donors (Lipinski definition) is 3. The number of carboxylic acids is 1. The molecule has 16 heavy (non-hydrogen) atoms. The van der Waals surface area contributed by atoms with Crippen LogP contribution in [0.2, 0.25) is 0 Å². The smallest absolute Gasteiger partial charge is 0.352 e. The number of carboxylic acid groups (broad SMARTS) is 1. The van der Waals surface area contributed by atoms with Gasteiger partial charge in [0.25, 0.3) is 0 Å². The summed E-state index contributed by atoms with van der Waals surface area (Å²) >= 11 is 0. The number of imidazole rings is 1. The van der Waals surface area contributed by atoms with E-state index in [4.69, 9.17) is 5.11 Å². The van der Waals surface area contributed by atoms with Gasteiger partial charge in [0.2, 0.25) is 0 Å². The molecule has 0 unspecified atom stereocenters. The summed E-state index contributed by atoms with van der Waals surface area (Å²) in [6, 6.07) is 1.37. The van der Waals surface area contributed by atoms with Gasteiger partial charge in [-0.1, -0.05) is 0 Å². The molecule has 2 aromatic heterocycles. The fraction of sp³-hybridized carbons (Fsp3) is 0.250. The molecular formula is C8H9N3O4S. The summed E-state index contributed by atoms with van der Waals surface area (Å²) in [5.74, 6) is -0.991. The second-order valence-electron chi connectivity index (χ2n) is 3.50. The van der Waals surface area contributed by atoms with Crippen LogP contribution in [0.15, 0.2) is 6.07 Å². The Bertz CT molecular complexity index is 620. The van der Waals surface area contributed by atoms with Crippen LogP contribution in [0.25, 0.3) is 11.2 Å². The number of aromatic nitrogens is 3. The fourth-order valence-electron chi connectivity index (χ4n) is 1.38. The van der Waals surface area contributed by atoms with E-state index < -0.39 is 15.8 Å². The molecule has 0 aromatic carbocycles. The molecule has 2 rings (SSSR count). The lowest BCUT2D eigenvalue weighted by Crippen LogP contribution is -2.02. The van der Waals surface area contributed by atoms with E-state index in [0.717, 1.165) is 6.26 Å². The molecule has 2 heterocycles. The first-order chi connectivity index (χ1) is 7.35. The minimum Gasteiger partial charge on any atom is -0.477 e. The molecule has 0 bridgehead atoms. The zero-order valence-corrected chi connectivity index (χ0v) is 9.13. The van der Waals surface area contributed by atoms with Gasteiger partial charge in [-0.05, 0) is 6.07 Å². The first-order valence-electron chi connectivity index (χ1n) is 4.34. The number of aromatic amines is 2. The minimum absolute atomic E-state index is 0.0136. The van der Waals surface area contributed by atoms with Crippen molar-refractivity contribution in [2.45, 2.75) is 5.75 Å². The van der Waals surface area contributed by atoms with Crippen molar-refractivity contribution in [2.75, 3.05) is 6.26 Å². The number of nitrogens with zero attached hydrogens (tertiary/aromatic N) is 1. The van der Waals surface area contributed by atoms with Gasteiger partial charge in [0.15, 0.2) is 15.5 Å². The van der Waals surface area contributed by atoms with E-state index in [0.29, 0.717) is 17.0 Å². The summed E-state index contributed by atoms with van der Waals surface area (Å²) in [6.45, 7) is 0. The number of nitrogens with one attached hydrogen (secondary N) is 2. The van der Waals surface area contributed by atoms with Crippen LogP contribution in [-0.2, 0) is 15.6 Å². The van der Waals surface area contributed by atoms with Crippen molar-refractivity contribution in [1.29, 1.82) is 0 Å². The maximum Gasteiger partial charge on any atom is 0.352 e. The average molecular weight is 243 g/mol. The third-order valence-electron chi connectivity index (χ3n) is 1.95. The number of hydrogen-bond acceptors (Lipinski definition) is 4. The molecule has 0 aliphatic rings. The van der Waals surface area contributed by atoms with E-state index in [-0.39, 0.29) is 11.4 Å². The largest absolute Gasteiger partial charge is 0.477 e.